The number of likely N-dealkylation sites (tertiary alicyclic amines) is 1. The first-order chi connectivity index (χ1) is 12.7. The van der Waals surface area contributed by atoms with Gasteiger partial charge in [0.25, 0.3) is 0 Å². The number of carbonyl (C=O) groups is 1. The van der Waals surface area contributed by atoms with Crippen molar-refractivity contribution in [1.29, 1.82) is 0 Å². The molecule has 7 heteroatoms. The van der Waals surface area contributed by atoms with Gasteiger partial charge in [0.1, 0.15) is 0 Å². The Hall–Kier alpha value is -1.35. The van der Waals surface area contributed by atoms with Crippen molar-refractivity contribution in [2.45, 2.75) is 38.6 Å². The number of aliphatic imine (C=N–C) groups is 1. The SMILES string of the molecule is CCCN1CCC(NC(=NC)NCC(=O)N2CCc3ccccc32)CC1.I. The Morgan fingerprint density at radius 1 is 1.22 bits per heavy atom. The van der Waals surface area contributed by atoms with Crippen LogP contribution in [-0.4, -0.2) is 62.6 Å². The van der Waals surface area contributed by atoms with E-state index in [0.29, 0.717) is 6.04 Å². The van der Waals surface area contributed by atoms with Crippen LogP contribution in [0.4, 0.5) is 5.69 Å². The molecule has 1 aromatic rings. The fraction of sp³-hybridized carbons (Fsp3) is 0.600. The lowest BCUT2D eigenvalue weighted by atomic mass is 10.1. The van der Waals surface area contributed by atoms with Crippen LogP contribution in [0.1, 0.15) is 31.7 Å². The maximum Gasteiger partial charge on any atom is 0.246 e. The molecule has 27 heavy (non-hydrogen) atoms. The summed E-state index contributed by atoms with van der Waals surface area (Å²) in [6, 6.07) is 8.57. The highest BCUT2D eigenvalue weighted by Gasteiger charge is 2.24. The van der Waals surface area contributed by atoms with E-state index in [1.165, 1.54) is 18.5 Å². The summed E-state index contributed by atoms with van der Waals surface area (Å²) in [5.74, 6) is 0.815. The lowest BCUT2D eigenvalue weighted by molar-refractivity contribution is -0.117. The van der Waals surface area contributed by atoms with Gasteiger partial charge in [0.2, 0.25) is 5.91 Å². The number of halogens is 1. The van der Waals surface area contributed by atoms with Crippen LogP contribution in [-0.2, 0) is 11.2 Å². The molecular weight excluding hydrogens is 453 g/mol. The molecule has 2 aliphatic rings. The molecule has 0 aromatic heterocycles. The second-order valence-corrected chi connectivity index (χ2v) is 7.11. The predicted octanol–water partition coefficient (Wildman–Crippen LogP) is 2.23. The Morgan fingerprint density at radius 3 is 2.67 bits per heavy atom. The molecular formula is C20H32IN5O. The van der Waals surface area contributed by atoms with E-state index < -0.39 is 0 Å². The monoisotopic (exact) mass is 485 g/mol. The molecule has 3 rings (SSSR count). The number of hydrogen-bond donors (Lipinski definition) is 2. The molecule has 1 fully saturated rings. The zero-order valence-corrected chi connectivity index (χ0v) is 18.7. The summed E-state index contributed by atoms with van der Waals surface area (Å²) >= 11 is 0. The minimum absolute atomic E-state index is 0. The molecule has 0 radical (unpaired) electrons. The fourth-order valence-electron chi connectivity index (χ4n) is 3.86. The third-order valence-corrected chi connectivity index (χ3v) is 5.29. The molecule has 0 saturated carbocycles. The third kappa shape index (κ3) is 5.81. The van der Waals surface area contributed by atoms with Gasteiger partial charge in [-0.1, -0.05) is 25.1 Å². The first-order valence-electron chi connectivity index (χ1n) is 9.79. The smallest absolute Gasteiger partial charge is 0.246 e. The molecule has 1 aromatic carbocycles. The number of carbonyl (C=O) groups excluding carboxylic acids is 1. The van der Waals surface area contributed by atoms with Crippen molar-refractivity contribution in [3.63, 3.8) is 0 Å². The van der Waals surface area contributed by atoms with Crippen LogP contribution in [0.25, 0.3) is 0 Å². The standard InChI is InChI=1S/C20H31N5O.HI/c1-3-11-24-12-9-17(10-13-24)23-20(21-2)22-15-19(26)25-14-8-16-6-4-5-7-18(16)25;/h4-7,17H,3,8-15H2,1-2H3,(H2,21,22,23);1H. The van der Waals surface area contributed by atoms with Crippen LogP contribution >= 0.6 is 24.0 Å². The summed E-state index contributed by atoms with van der Waals surface area (Å²) < 4.78 is 0. The van der Waals surface area contributed by atoms with E-state index in [0.717, 1.165) is 50.5 Å². The van der Waals surface area contributed by atoms with E-state index in [1.807, 2.05) is 23.1 Å². The van der Waals surface area contributed by atoms with Gasteiger partial charge >= 0.3 is 0 Å². The summed E-state index contributed by atoms with van der Waals surface area (Å²) in [5.41, 5.74) is 2.30. The van der Waals surface area contributed by atoms with Gasteiger partial charge in [-0.25, -0.2) is 0 Å². The van der Waals surface area contributed by atoms with Crippen molar-refractivity contribution in [2.75, 3.05) is 44.7 Å². The second kappa shape index (κ2) is 10.8. The van der Waals surface area contributed by atoms with E-state index in [1.54, 1.807) is 7.05 Å². The molecule has 6 nitrogen and oxygen atoms in total. The highest BCUT2D eigenvalue weighted by Crippen LogP contribution is 2.27. The van der Waals surface area contributed by atoms with Gasteiger partial charge in [0.05, 0.1) is 6.54 Å². The molecule has 1 amide bonds. The zero-order valence-electron chi connectivity index (χ0n) is 16.4. The van der Waals surface area contributed by atoms with Crippen molar-refractivity contribution in [3.8, 4) is 0 Å². The summed E-state index contributed by atoms with van der Waals surface area (Å²) in [6.45, 7) is 6.71. The molecule has 0 bridgehead atoms. The summed E-state index contributed by atoms with van der Waals surface area (Å²) in [4.78, 5) is 21.3. The number of rotatable bonds is 5. The maximum atomic E-state index is 12.6. The van der Waals surface area contributed by atoms with Gasteiger partial charge in [0.15, 0.2) is 5.96 Å². The lowest BCUT2D eigenvalue weighted by Crippen LogP contribution is -2.50. The van der Waals surface area contributed by atoms with Crippen molar-refractivity contribution >= 4 is 41.5 Å². The molecule has 2 N–H and O–H groups in total. The van der Waals surface area contributed by atoms with Crippen molar-refractivity contribution in [2.24, 2.45) is 4.99 Å². The number of fused-ring (bicyclic) bond motifs is 1. The number of amides is 1. The van der Waals surface area contributed by atoms with Gasteiger partial charge < -0.3 is 20.4 Å². The quantitative estimate of drug-likeness (QED) is 0.382. The molecule has 2 heterocycles. The van der Waals surface area contributed by atoms with Gasteiger partial charge in [-0.3, -0.25) is 9.79 Å². The molecule has 0 spiro atoms. The molecule has 0 unspecified atom stereocenters. The average Bonchev–Trinajstić information content (AvgIpc) is 3.10. The zero-order chi connectivity index (χ0) is 18.4. The first kappa shape index (κ1) is 21.9. The fourth-order valence-corrected chi connectivity index (χ4v) is 3.86. The van der Waals surface area contributed by atoms with Crippen LogP contribution < -0.4 is 15.5 Å². The van der Waals surface area contributed by atoms with Crippen molar-refractivity contribution in [3.05, 3.63) is 29.8 Å². The minimum Gasteiger partial charge on any atom is -0.354 e. The number of hydrogen-bond acceptors (Lipinski definition) is 3. The second-order valence-electron chi connectivity index (χ2n) is 7.11. The third-order valence-electron chi connectivity index (χ3n) is 5.29. The van der Waals surface area contributed by atoms with E-state index in [2.05, 4.69) is 33.5 Å². The number of piperidine rings is 1. The Kier molecular flexibility index (Phi) is 8.82. The van der Waals surface area contributed by atoms with Crippen molar-refractivity contribution < 1.29 is 4.79 Å². The lowest BCUT2D eigenvalue weighted by Gasteiger charge is -2.32. The van der Waals surface area contributed by atoms with Crippen LogP contribution in [0, 0.1) is 0 Å². The van der Waals surface area contributed by atoms with Crippen LogP contribution in [0.3, 0.4) is 0 Å². The van der Waals surface area contributed by atoms with Gasteiger partial charge in [-0.2, -0.15) is 0 Å². The van der Waals surface area contributed by atoms with Gasteiger partial charge in [-0.05, 0) is 43.9 Å². The normalized spacial score (nSPS) is 18.0. The summed E-state index contributed by atoms with van der Waals surface area (Å²) in [5, 5.41) is 6.67. The van der Waals surface area contributed by atoms with E-state index in [9.17, 15) is 4.79 Å². The number of guanidine groups is 1. The largest absolute Gasteiger partial charge is 0.354 e. The number of nitrogens with one attached hydrogen (secondary N) is 2. The van der Waals surface area contributed by atoms with Gasteiger partial charge in [0, 0.05) is 38.4 Å². The Morgan fingerprint density at radius 2 is 1.96 bits per heavy atom. The number of anilines is 1. The molecule has 1 saturated heterocycles. The van der Waals surface area contributed by atoms with Crippen molar-refractivity contribution in [1.82, 2.24) is 15.5 Å². The maximum absolute atomic E-state index is 12.6. The summed E-state index contributed by atoms with van der Waals surface area (Å²) in [6.07, 6.45) is 4.39. The number of benzene rings is 1. The molecule has 0 atom stereocenters. The van der Waals surface area contributed by atoms with Crippen LogP contribution in [0.15, 0.2) is 29.3 Å². The highest BCUT2D eigenvalue weighted by molar-refractivity contribution is 14.0. The van der Waals surface area contributed by atoms with Crippen LogP contribution in [0.5, 0.6) is 0 Å². The number of nitrogens with zero attached hydrogens (tertiary/aromatic N) is 3. The van der Waals surface area contributed by atoms with E-state index in [4.69, 9.17) is 0 Å². The summed E-state index contributed by atoms with van der Waals surface area (Å²) in [7, 11) is 1.76. The Balaban J connectivity index is 0.00000261. The van der Waals surface area contributed by atoms with Gasteiger partial charge in [-0.15, -0.1) is 24.0 Å². The molecule has 150 valence electrons. The Labute approximate surface area is 179 Å². The predicted molar refractivity (Wildman–Crippen MR) is 122 cm³/mol. The highest BCUT2D eigenvalue weighted by atomic mass is 127. The molecule has 0 aliphatic carbocycles. The minimum atomic E-state index is 0. The van der Waals surface area contributed by atoms with E-state index in [-0.39, 0.29) is 36.4 Å². The van der Waals surface area contributed by atoms with E-state index >= 15 is 0 Å². The first-order valence-corrected chi connectivity index (χ1v) is 9.79. The van der Waals surface area contributed by atoms with Crippen LogP contribution in [0.2, 0.25) is 0 Å². The molecule has 2 aliphatic heterocycles. The average molecular weight is 485 g/mol. The number of para-hydroxylation sites is 1. The topological polar surface area (TPSA) is 60.0 Å². The Bertz CT molecular complexity index is 643.